The third-order valence-electron chi connectivity index (χ3n) is 3.37. The first-order chi connectivity index (χ1) is 10.8. The highest BCUT2D eigenvalue weighted by molar-refractivity contribution is 5.67. The fraction of sp³-hybridized carbons (Fsp3) is 0.278. The molecule has 1 unspecified atom stereocenters. The minimum absolute atomic E-state index is 0.0216. The Balaban J connectivity index is 1.72. The number of alkyl carbamates (subject to hydrolysis) is 1. The number of hydrogen-bond acceptors (Lipinski definition) is 3. The predicted octanol–water partition coefficient (Wildman–Crippen LogP) is 2.76. The van der Waals surface area contributed by atoms with E-state index in [0.29, 0.717) is 6.54 Å². The highest BCUT2D eigenvalue weighted by Gasteiger charge is 2.11. The van der Waals surface area contributed by atoms with Gasteiger partial charge >= 0.3 is 6.09 Å². The summed E-state index contributed by atoms with van der Waals surface area (Å²) in [4.78, 5) is 11.7. The molecule has 1 amide bonds. The van der Waals surface area contributed by atoms with Gasteiger partial charge in [0.1, 0.15) is 6.61 Å². The maximum Gasteiger partial charge on any atom is 0.407 e. The number of carbonyl (C=O) groups is 1. The standard InChI is InChI=1S/C18H21NO3/c20-13-17(11-15-7-3-1-4-8-15)12-19-18(21)22-14-16-9-5-2-6-10-16/h1-10,17,20H,11-14H2,(H,19,21). The van der Waals surface area contributed by atoms with E-state index in [0.717, 1.165) is 17.5 Å². The molecule has 0 saturated carbocycles. The SMILES string of the molecule is O=C(NCC(CO)Cc1ccccc1)OCc1ccccc1. The molecular weight excluding hydrogens is 278 g/mol. The van der Waals surface area contributed by atoms with Crippen molar-refractivity contribution in [3.63, 3.8) is 0 Å². The van der Waals surface area contributed by atoms with Gasteiger partial charge in [-0.3, -0.25) is 0 Å². The van der Waals surface area contributed by atoms with Crippen LogP contribution in [0.1, 0.15) is 11.1 Å². The summed E-state index contributed by atoms with van der Waals surface area (Å²) in [5.41, 5.74) is 2.08. The molecule has 0 spiro atoms. The molecule has 0 heterocycles. The van der Waals surface area contributed by atoms with Gasteiger partial charge in [-0.15, -0.1) is 0 Å². The average Bonchev–Trinajstić information content (AvgIpc) is 2.58. The van der Waals surface area contributed by atoms with Crippen molar-refractivity contribution in [1.29, 1.82) is 0 Å². The normalized spacial score (nSPS) is 11.7. The molecule has 0 radical (unpaired) electrons. The molecule has 0 aliphatic rings. The summed E-state index contributed by atoms with van der Waals surface area (Å²) in [5, 5.41) is 12.1. The van der Waals surface area contributed by atoms with Crippen molar-refractivity contribution in [1.82, 2.24) is 5.32 Å². The zero-order valence-electron chi connectivity index (χ0n) is 12.4. The van der Waals surface area contributed by atoms with Gasteiger partial charge in [0, 0.05) is 19.1 Å². The third kappa shape index (κ3) is 5.58. The second kappa shape index (κ2) is 8.85. The number of aliphatic hydroxyl groups is 1. The molecule has 2 N–H and O–H groups in total. The van der Waals surface area contributed by atoms with Crippen LogP contribution in [0.25, 0.3) is 0 Å². The van der Waals surface area contributed by atoms with Gasteiger partial charge in [0.25, 0.3) is 0 Å². The molecule has 0 aromatic heterocycles. The van der Waals surface area contributed by atoms with Crippen molar-refractivity contribution in [3.05, 3.63) is 71.8 Å². The number of amides is 1. The van der Waals surface area contributed by atoms with Gasteiger partial charge in [0.15, 0.2) is 0 Å². The van der Waals surface area contributed by atoms with Crippen molar-refractivity contribution in [2.45, 2.75) is 13.0 Å². The zero-order valence-corrected chi connectivity index (χ0v) is 12.4. The number of rotatable bonds is 7. The number of hydrogen-bond donors (Lipinski definition) is 2. The molecule has 0 fully saturated rings. The number of nitrogens with one attached hydrogen (secondary N) is 1. The lowest BCUT2D eigenvalue weighted by Crippen LogP contribution is -2.32. The summed E-state index contributed by atoms with van der Waals surface area (Å²) in [6.45, 7) is 0.655. The van der Waals surface area contributed by atoms with Gasteiger partial charge in [-0.2, -0.15) is 0 Å². The number of carbonyl (C=O) groups excluding carboxylic acids is 1. The summed E-state index contributed by atoms with van der Waals surface area (Å²) in [5.74, 6) is -0.0216. The Morgan fingerprint density at radius 3 is 2.18 bits per heavy atom. The van der Waals surface area contributed by atoms with Crippen LogP contribution in [0.2, 0.25) is 0 Å². The van der Waals surface area contributed by atoms with Crippen molar-refractivity contribution in [3.8, 4) is 0 Å². The summed E-state index contributed by atoms with van der Waals surface area (Å²) in [6, 6.07) is 19.4. The largest absolute Gasteiger partial charge is 0.445 e. The Labute approximate surface area is 130 Å². The Hall–Kier alpha value is -2.33. The Bertz CT molecular complexity index is 557. The third-order valence-corrected chi connectivity index (χ3v) is 3.37. The van der Waals surface area contributed by atoms with Crippen molar-refractivity contribution in [2.24, 2.45) is 5.92 Å². The first-order valence-corrected chi connectivity index (χ1v) is 7.37. The molecule has 0 aliphatic carbocycles. The molecule has 2 rings (SSSR count). The minimum atomic E-state index is -0.463. The zero-order chi connectivity index (χ0) is 15.6. The second-order valence-corrected chi connectivity index (χ2v) is 5.18. The lowest BCUT2D eigenvalue weighted by molar-refractivity contribution is 0.135. The van der Waals surface area contributed by atoms with Crippen molar-refractivity contribution in [2.75, 3.05) is 13.2 Å². The minimum Gasteiger partial charge on any atom is -0.445 e. The molecule has 0 aliphatic heterocycles. The van der Waals surface area contributed by atoms with Crippen LogP contribution in [0.15, 0.2) is 60.7 Å². The molecule has 1 atom stereocenters. The van der Waals surface area contributed by atoms with Crippen LogP contribution in [-0.4, -0.2) is 24.4 Å². The molecule has 22 heavy (non-hydrogen) atoms. The van der Waals surface area contributed by atoms with E-state index in [1.54, 1.807) is 0 Å². The van der Waals surface area contributed by atoms with Crippen LogP contribution < -0.4 is 5.32 Å². The van der Waals surface area contributed by atoms with Gasteiger partial charge in [-0.1, -0.05) is 60.7 Å². The van der Waals surface area contributed by atoms with E-state index in [-0.39, 0.29) is 19.1 Å². The first-order valence-electron chi connectivity index (χ1n) is 7.37. The summed E-state index contributed by atoms with van der Waals surface area (Å²) < 4.78 is 5.14. The summed E-state index contributed by atoms with van der Waals surface area (Å²) >= 11 is 0. The number of benzene rings is 2. The van der Waals surface area contributed by atoms with Gasteiger partial charge < -0.3 is 15.2 Å². The van der Waals surface area contributed by atoms with Gasteiger partial charge in [0.05, 0.1) is 0 Å². The average molecular weight is 299 g/mol. The van der Waals surface area contributed by atoms with Gasteiger partial charge in [-0.25, -0.2) is 4.79 Å². The first kappa shape index (κ1) is 16.0. The Kier molecular flexibility index (Phi) is 6.45. The Morgan fingerprint density at radius 1 is 1.00 bits per heavy atom. The van der Waals surface area contributed by atoms with E-state index in [2.05, 4.69) is 5.32 Å². The lowest BCUT2D eigenvalue weighted by Gasteiger charge is -2.15. The molecule has 2 aromatic carbocycles. The fourth-order valence-corrected chi connectivity index (χ4v) is 2.15. The topological polar surface area (TPSA) is 58.6 Å². The quantitative estimate of drug-likeness (QED) is 0.826. The van der Waals surface area contributed by atoms with Gasteiger partial charge in [-0.05, 0) is 17.5 Å². The van der Waals surface area contributed by atoms with Crippen molar-refractivity contribution >= 4 is 6.09 Å². The smallest absolute Gasteiger partial charge is 0.407 e. The molecule has 0 saturated heterocycles. The predicted molar refractivity (Wildman–Crippen MR) is 85.4 cm³/mol. The fourth-order valence-electron chi connectivity index (χ4n) is 2.15. The van der Waals surface area contributed by atoms with Crippen LogP contribution in [-0.2, 0) is 17.8 Å². The van der Waals surface area contributed by atoms with Crippen LogP contribution >= 0.6 is 0 Å². The molecule has 116 valence electrons. The van der Waals surface area contributed by atoms with E-state index in [9.17, 15) is 9.90 Å². The second-order valence-electron chi connectivity index (χ2n) is 5.18. The Morgan fingerprint density at radius 2 is 1.59 bits per heavy atom. The molecule has 0 bridgehead atoms. The maximum absolute atomic E-state index is 11.7. The lowest BCUT2D eigenvalue weighted by atomic mass is 10.0. The number of aliphatic hydroxyl groups excluding tert-OH is 1. The molecule has 4 heteroatoms. The van der Waals surface area contributed by atoms with Gasteiger partial charge in [0.2, 0.25) is 0 Å². The van der Waals surface area contributed by atoms with Crippen LogP contribution in [0, 0.1) is 5.92 Å². The summed E-state index contributed by atoms with van der Waals surface area (Å²) in [6.07, 6.45) is 0.256. The van der Waals surface area contributed by atoms with E-state index in [1.807, 2.05) is 60.7 Å². The van der Waals surface area contributed by atoms with E-state index >= 15 is 0 Å². The van der Waals surface area contributed by atoms with Crippen molar-refractivity contribution < 1.29 is 14.6 Å². The maximum atomic E-state index is 11.7. The van der Waals surface area contributed by atoms with Crippen LogP contribution in [0.4, 0.5) is 4.79 Å². The van der Waals surface area contributed by atoms with Crippen LogP contribution in [0.3, 0.4) is 0 Å². The van der Waals surface area contributed by atoms with E-state index in [1.165, 1.54) is 0 Å². The van der Waals surface area contributed by atoms with E-state index < -0.39 is 6.09 Å². The summed E-state index contributed by atoms with van der Waals surface area (Å²) in [7, 11) is 0. The highest BCUT2D eigenvalue weighted by Crippen LogP contribution is 2.08. The van der Waals surface area contributed by atoms with E-state index in [4.69, 9.17) is 4.74 Å². The number of ether oxygens (including phenoxy) is 1. The van der Waals surface area contributed by atoms with Crippen LogP contribution in [0.5, 0.6) is 0 Å². The molecule has 2 aromatic rings. The molecule has 4 nitrogen and oxygen atoms in total. The molecular formula is C18H21NO3. The monoisotopic (exact) mass is 299 g/mol. The highest BCUT2D eigenvalue weighted by atomic mass is 16.5.